The van der Waals surface area contributed by atoms with E-state index in [1.807, 2.05) is 41.2 Å². The summed E-state index contributed by atoms with van der Waals surface area (Å²) in [7, 11) is 0. The van der Waals surface area contributed by atoms with E-state index in [4.69, 9.17) is 0 Å². The molecule has 1 aromatic carbocycles. The summed E-state index contributed by atoms with van der Waals surface area (Å²) in [6.45, 7) is 5.83. The van der Waals surface area contributed by atoms with E-state index >= 15 is 0 Å². The first kappa shape index (κ1) is 13.5. The van der Waals surface area contributed by atoms with Gasteiger partial charge in [-0.05, 0) is 16.7 Å². The molecule has 0 saturated heterocycles. The summed E-state index contributed by atoms with van der Waals surface area (Å²) in [5.74, 6) is 1.17. The van der Waals surface area contributed by atoms with Crippen LogP contribution in [0, 0.1) is 5.92 Å². The standard InChI is InChI=1S/C15H18N6/c1-12(2)9-20-11-14(8-16-20)15-17-19-21(18-15)10-13-6-4-3-5-7-13/h3-8,11-12H,9-10H2,1-2H3. The average molecular weight is 282 g/mol. The molecule has 0 atom stereocenters. The molecule has 6 nitrogen and oxygen atoms in total. The first-order valence-corrected chi connectivity index (χ1v) is 7.05. The van der Waals surface area contributed by atoms with E-state index in [0.29, 0.717) is 18.3 Å². The Morgan fingerprint density at radius 2 is 1.95 bits per heavy atom. The van der Waals surface area contributed by atoms with E-state index in [1.54, 1.807) is 11.0 Å². The molecule has 108 valence electrons. The maximum atomic E-state index is 4.41. The lowest BCUT2D eigenvalue weighted by Crippen LogP contribution is -2.04. The second-order valence-electron chi connectivity index (χ2n) is 5.47. The third-order valence-electron chi connectivity index (χ3n) is 3.06. The molecule has 0 aliphatic rings. The van der Waals surface area contributed by atoms with E-state index in [1.165, 1.54) is 0 Å². The minimum absolute atomic E-state index is 0.555. The molecule has 0 bridgehead atoms. The van der Waals surface area contributed by atoms with Gasteiger partial charge in [0.2, 0.25) is 5.82 Å². The molecule has 6 heteroatoms. The number of hydrogen-bond donors (Lipinski definition) is 0. The number of nitrogens with zero attached hydrogens (tertiary/aromatic N) is 6. The van der Waals surface area contributed by atoms with Crippen LogP contribution in [-0.4, -0.2) is 30.0 Å². The quantitative estimate of drug-likeness (QED) is 0.720. The van der Waals surface area contributed by atoms with E-state index in [2.05, 4.69) is 34.4 Å². The van der Waals surface area contributed by atoms with E-state index in [-0.39, 0.29) is 0 Å². The molecular weight excluding hydrogens is 264 g/mol. The number of rotatable bonds is 5. The van der Waals surface area contributed by atoms with Gasteiger partial charge in [-0.25, -0.2) is 0 Å². The molecule has 0 aliphatic heterocycles. The Morgan fingerprint density at radius 3 is 2.71 bits per heavy atom. The summed E-state index contributed by atoms with van der Waals surface area (Å²) in [6, 6.07) is 10.1. The summed E-state index contributed by atoms with van der Waals surface area (Å²) in [6.07, 6.45) is 3.75. The molecule has 0 spiro atoms. The minimum Gasteiger partial charge on any atom is -0.272 e. The zero-order valence-corrected chi connectivity index (χ0v) is 12.2. The fourth-order valence-corrected chi connectivity index (χ4v) is 2.13. The van der Waals surface area contributed by atoms with Crippen LogP contribution in [0.1, 0.15) is 19.4 Å². The number of benzene rings is 1. The first-order chi connectivity index (χ1) is 10.2. The maximum Gasteiger partial charge on any atom is 0.208 e. The van der Waals surface area contributed by atoms with Crippen LogP contribution >= 0.6 is 0 Å². The summed E-state index contributed by atoms with van der Waals surface area (Å²) in [4.78, 5) is 1.60. The maximum absolute atomic E-state index is 4.41. The molecule has 2 heterocycles. The van der Waals surface area contributed by atoms with Crippen LogP contribution < -0.4 is 0 Å². The monoisotopic (exact) mass is 282 g/mol. The molecule has 0 saturated carbocycles. The molecule has 0 aliphatic carbocycles. The first-order valence-electron chi connectivity index (χ1n) is 7.05. The molecule has 0 amide bonds. The molecule has 0 radical (unpaired) electrons. The van der Waals surface area contributed by atoms with Crippen molar-refractivity contribution >= 4 is 0 Å². The summed E-state index contributed by atoms with van der Waals surface area (Å²) in [5, 5.41) is 16.9. The number of aromatic nitrogens is 6. The molecular formula is C15H18N6. The van der Waals surface area contributed by atoms with E-state index in [0.717, 1.165) is 17.7 Å². The number of tetrazole rings is 1. The van der Waals surface area contributed by atoms with Crippen molar-refractivity contribution < 1.29 is 0 Å². The van der Waals surface area contributed by atoms with Gasteiger partial charge < -0.3 is 0 Å². The fraction of sp³-hybridized carbons (Fsp3) is 0.333. The van der Waals surface area contributed by atoms with Gasteiger partial charge in [-0.1, -0.05) is 44.2 Å². The van der Waals surface area contributed by atoms with Crippen molar-refractivity contribution in [3.8, 4) is 11.4 Å². The lowest BCUT2D eigenvalue weighted by molar-refractivity contribution is 0.483. The van der Waals surface area contributed by atoms with Crippen molar-refractivity contribution in [2.45, 2.75) is 26.9 Å². The zero-order valence-electron chi connectivity index (χ0n) is 12.2. The smallest absolute Gasteiger partial charge is 0.208 e. The Balaban J connectivity index is 1.74. The predicted octanol–water partition coefficient (Wildman–Crippen LogP) is 2.24. The van der Waals surface area contributed by atoms with Gasteiger partial charge in [0.25, 0.3) is 0 Å². The highest BCUT2D eigenvalue weighted by Gasteiger charge is 2.09. The van der Waals surface area contributed by atoms with Crippen LogP contribution in [0.3, 0.4) is 0 Å². The van der Waals surface area contributed by atoms with Gasteiger partial charge in [0.15, 0.2) is 0 Å². The third kappa shape index (κ3) is 3.34. The molecule has 0 fully saturated rings. The van der Waals surface area contributed by atoms with Crippen LogP contribution in [0.15, 0.2) is 42.7 Å². The lowest BCUT2D eigenvalue weighted by Gasteiger charge is -2.02. The Kier molecular flexibility index (Phi) is 3.77. The van der Waals surface area contributed by atoms with Crippen LogP contribution in [-0.2, 0) is 13.1 Å². The van der Waals surface area contributed by atoms with Gasteiger partial charge in [-0.15, -0.1) is 10.2 Å². The van der Waals surface area contributed by atoms with Gasteiger partial charge in [0.05, 0.1) is 18.3 Å². The molecule has 2 aromatic heterocycles. The minimum atomic E-state index is 0.555. The fourth-order valence-electron chi connectivity index (χ4n) is 2.13. The topological polar surface area (TPSA) is 61.4 Å². The summed E-state index contributed by atoms with van der Waals surface area (Å²) in [5.41, 5.74) is 2.05. The molecule has 3 aromatic rings. The van der Waals surface area contributed by atoms with Gasteiger partial charge in [0, 0.05) is 12.7 Å². The third-order valence-corrected chi connectivity index (χ3v) is 3.06. The van der Waals surface area contributed by atoms with E-state index in [9.17, 15) is 0 Å². The Bertz CT molecular complexity index is 698. The number of hydrogen-bond acceptors (Lipinski definition) is 4. The molecule has 21 heavy (non-hydrogen) atoms. The molecule has 0 N–H and O–H groups in total. The Labute approximate surface area is 123 Å². The summed E-state index contributed by atoms with van der Waals surface area (Å²) < 4.78 is 1.91. The molecule has 3 rings (SSSR count). The van der Waals surface area contributed by atoms with Crippen molar-refractivity contribution in [2.75, 3.05) is 0 Å². The van der Waals surface area contributed by atoms with Crippen LogP contribution in [0.5, 0.6) is 0 Å². The van der Waals surface area contributed by atoms with Gasteiger partial charge in [-0.3, -0.25) is 4.68 Å². The highest BCUT2D eigenvalue weighted by atomic mass is 15.6. The predicted molar refractivity (Wildman–Crippen MR) is 79.4 cm³/mol. The van der Waals surface area contributed by atoms with Crippen molar-refractivity contribution in [3.05, 3.63) is 48.3 Å². The average Bonchev–Trinajstić information content (AvgIpc) is 3.08. The van der Waals surface area contributed by atoms with E-state index < -0.39 is 0 Å². The van der Waals surface area contributed by atoms with Crippen molar-refractivity contribution in [1.29, 1.82) is 0 Å². The Hall–Kier alpha value is -2.50. The molecule has 0 unspecified atom stereocenters. The highest BCUT2D eigenvalue weighted by Crippen LogP contribution is 2.13. The SMILES string of the molecule is CC(C)Cn1cc(-c2nnn(Cc3ccccc3)n2)cn1. The van der Waals surface area contributed by atoms with Crippen molar-refractivity contribution in [2.24, 2.45) is 5.92 Å². The normalized spacial score (nSPS) is 11.2. The highest BCUT2D eigenvalue weighted by molar-refractivity contribution is 5.50. The van der Waals surface area contributed by atoms with Gasteiger partial charge in [0.1, 0.15) is 0 Å². The largest absolute Gasteiger partial charge is 0.272 e. The van der Waals surface area contributed by atoms with Crippen molar-refractivity contribution in [3.63, 3.8) is 0 Å². The van der Waals surface area contributed by atoms with Crippen LogP contribution in [0.4, 0.5) is 0 Å². The van der Waals surface area contributed by atoms with Crippen molar-refractivity contribution in [1.82, 2.24) is 30.0 Å². The van der Waals surface area contributed by atoms with Crippen LogP contribution in [0.25, 0.3) is 11.4 Å². The van der Waals surface area contributed by atoms with Gasteiger partial charge >= 0.3 is 0 Å². The Morgan fingerprint density at radius 1 is 1.14 bits per heavy atom. The second-order valence-corrected chi connectivity index (χ2v) is 5.47. The zero-order chi connectivity index (χ0) is 14.7. The lowest BCUT2D eigenvalue weighted by atomic mass is 10.2. The summed E-state index contributed by atoms with van der Waals surface area (Å²) >= 11 is 0. The second kappa shape index (κ2) is 5.87. The van der Waals surface area contributed by atoms with Gasteiger partial charge in [-0.2, -0.15) is 9.90 Å². The van der Waals surface area contributed by atoms with Crippen LogP contribution in [0.2, 0.25) is 0 Å².